The second kappa shape index (κ2) is 9.09. The Morgan fingerprint density at radius 1 is 0.897 bits per heavy atom. The van der Waals surface area contributed by atoms with Gasteiger partial charge in [-0.3, -0.25) is 4.79 Å². The third kappa shape index (κ3) is 5.25. The third-order valence-electron chi connectivity index (χ3n) is 4.44. The number of benzene rings is 3. The maximum absolute atomic E-state index is 13.2. The lowest BCUT2D eigenvalue weighted by Crippen LogP contribution is -2.43. The summed E-state index contributed by atoms with van der Waals surface area (Å²) in [7, 11) is -3.97. The first-order valence-electron chi connectivity index (χ1n) is 8.86. The predicted molar refractivity (Wildman–Crippen MR) is 116 cm³/mol. The highest BCUT2D eigenvalue weighted by Gasteiger charge is 2.33. The van der Waals surface area contributed by atoms with Crippen LogP contribution in [0.25, 0.3) is 0 Å². The molecule has 0 saturated heterocycles. The summed E-state index contributed by atoms with van der Waals surface area (Å²) < 4.78 is 28.4. The summed E-state index contributed by atoms with van der Waals surface area (Å²) in [5.74, 6) is -0.420. The second-order valence-electron chi connectivity index (χ2n) is 6.60. The Morgan fingerprint density at radius 3 is 2.07 bits per heavy atom. The first kappa shape index (κ1) is 21.5. The molecule has 0 aliphatic carbocycles. The zero-order valence-electron chi connectivity index (χ0n) is 15.5. The van der Waals surface area contributed by atoms with E-state index in [1.54, 1.807) is 66.7 Å². The van der Waals surface area contributed by atoms with Crippen LogP contribution in [-0.4, -0.2) is 20.2 Å². The van der Waals surface area contributed by atoms with Gasteiger partial charge >= 0.3 is 0 Å². The van der Waals surface area contributed by atoms with E-state index in [2.05, 4.69) is 4.72 Å². The van der Waals surface area contributed by atoms with Crippen LogP contribution in [0.1, 0.15) is 26.9 Å². The normalized spacial score (nSPS) is 13.6. The van der Waals surface area contributed by atoms with Crippen LogP contribution in [0.5, 0.6) is 0 Å². The van der Waals surface area contributed by atoms with Crippen molar-refractivity contribution >= 4 is 39.0 Å². The summed E-state index contributed by atoms with van der Waals surface area (Å²) in [5, 5.41) is -0.413. The summed E-state index contributed by atoms with van der Waals surface area (Å²) in [6.45, 7) is 1.86. The van der Waals surface area contributed by atoms with Crippen molar-refractivity contribution < 1.29 is 13.2 Å². The van der Waals surface area contributed by atoms with Crippen molar-refractivity contribution in [3.8, 4) is 0 Å². The molecule has 4 nitrogen and oxygen atoms in total. The highest BCUT2D eigenvalue weighted by atomic mass is 35.5. The number of Topliss-reactive ketones (excluding diaryl/α,β-unsaturated/α-hetero) is 1. The van der Waals surface area contributed by atoms with Crippen LogP contribution in [0, 0.1) is 6.92 Å². The maximum Gasteiger partial charge on any atom is 0.241 e. The number of nitrogens with one attached hydrogen (secondary N) is 1. The van der Waals surface area contributed by atoms with Gasteiger partial charge in [0, 0.05) is 10.6 Å². The molecule has 0 fully saturated rings. The molecular formula is C22H19Cl2NO3S. The van der Waals surface area contributed by atoms with Gasteiger partial charge < -0.3 is 0 Å². The molecule has 0 aliphatic heterocycles. The zero-order chi connectivity index (χ0) is 21.0. The van der Waals surface area contributed by atoms with E-state index in [4.69, 9.17) is 23.2 Å². The Balaban J connectivity index is 1.99. The molecule has 0 radical (unpaired) electrons. The molecule has 3 aromatic rings. The van der Waals surface area contributed by atoms with Crippen molar-refractivity contribution in [1.29, 1.82) is 0 Å². The minimum absolute atomic E-state index is 0.0638. The van der Waals surface area contributed by atoms with Crippen molar-refractivity contribution in [2.45, 2.75) is 23.2 Å². The lowest BCUT2D eigenvalue weighted by molar-refractivity contribution is 0.0951. The number of alkyl halides is 1. The van der Waals surface area contributed by atoms with E-state index in [9.17, 15) is 13.2 Å². The zero-order valence-corrected chi connectivity index (χ0v) is 17.9. The summed E-state index contributed by atoms with van der Waals surface area (Å²) in [4.78, 5) is 13.2. The Morgan fingerprint density at radius 2 is 1.48 bits per heavy atom. The molecule has 0 amide bonds. The van der Waals surface area contributed by atoms with E-state index in [0.717, 1.165) is 5.56 Å². The van der Waals surface area contributed by atoms with Crippen molar-refractivity contribution in [2.24, 2.45) is 0 Å². The van der Waals surface area contributed by atoms with Gasteiger partial charge in [-0.2, -0.15) is 4.72 Å². The maximum atomic E-state index is 13.2. The molecule has 2 atom stereocenters. The quantitative estimate of drug-likeness (QED) is 0.401. The van der Waals surface area contributed by atoms with E-state index in [1.165, 1.54) is 12.1 Å². The fraction of sp³-hybridized carbons (Fsp3) is 0.136. The molecule has 3 aromatic carbocycles. The average molecular weight is 448 g/mol. The van der Waals surface area contributed by atoms with Gasteiger partial charge in [-0.15, -0.1) is 11.6 Å². The van der Waals surface area contributed by atoms with Crippen molar-refractivity contribution in [2.75, 3.05) is 0 Å². The van der Waals surface area contributed by atoms with Crippen LogP contribution < -0.4 is 4.72 Å². The molecule has 3 rings (SSSR count). The van der Waals surface area contributed by atoms with Gasteiger partial charge in [-0.05, 0) is 36.8 Å². The Labute approximate surface area is 180 Å². The summed E-state index contributed by atoms with van der Waals surface area (Å²) in [6.07, 6.45) is 0. The van der Waals surface area contributed by atoms with Crippen LogP contribution in [-0.2, 0) is 10.0 Å². The van der Waals surface area contributed by atoms with Crippen molar-refractivity contribution in [3.05, 3.63) is 101 Å². The van der Waals surface area contributed by atoms with E-state index in [0.29, 0.717) is 16.1 Å². The van der Waals surface area contributed by atoms with Gasteiger partial charge in [0.2, 0.25) is 10.0 Å². The Kier molecular flexibility index (Phi) is 6.75. The molecule has 0 unspecified atom stereocenters. The van der Waals surface area contributed by atoms with Crippen LogP contribution in [0.2, 0.25) is 5.02 Å². The molecule has 0 bridgehead atoms. The van der Waals surface area contributed by atoms with Crippen molar-refractivity contribution in [3.63, 3.8) is 0 Å². The number of rotatable bonds is 7. The van der Waals surface area contributed by atoms with Gasteiger partial charge in [-0.1, -0.05) is 71.8 Å². The predicted octanol–water partition coefficient (Wildman–Crippen LogP) is 5.16. The van der Waals surface area contributed by atoms with Gasteiger partial charge in [0.25, 0.3) is 0 Å². The lowest BCUT2D eigenvalue weighted by atomic mass is 9.98. The molecule has 7 heteroatoms. The fourth-order valence-electron chi connectivity index (χ4n) is 2.82. The minimum atomic E-state index is -3.97. The SMILES string of the molecule is Cc1ccc(S(=O)(=O)N[C@@H](C(=O)c2ccccc2)[C@H](Cl)c2ccc(Cl)cc2)cc1. The summed E-state index contributed by atoms with van der Waals surface area (Å²) in [5.41, 5.74) is 1.87. The van der Waals surface area contributed by atoms with Gasteiger partial charge in [0.15, 0.2) is 5.78 Å². The molecule has 150 valence electrons. The molecule has 0 aliphatic rings. The molecule has 1 N–H and O–H groups in total. The van der Waals surface area contributed by atoms with Crippen molar-refractivity contribution in [1.82, 2.24) is 4.72 Å². The van der Waals surface area contributed by atoms with Crippen LogP contribution >= 0.6 is 23.2 Å². The molecule has 29 heavy (non-hydrogen) atoms. The smallest absolute Gasteiger partial charge is 0.241 e. The Hall–Kier alpha value is -2.18. The number of ketones is 1. The standard InChI is InChI=1S/C22H19Cl2NO3S/c1-15-7-13-19(14-8-15)29(27,28)25-21(22(26)17-5-3-2-4-6-17)20(24)16-9-11-18(23)12-10-16/h2-14,20-21,25H,1H3/t20-,21-/m1/s1. The number of sulfonamides is 1. The first-order valence-corrected chi connectivity index (χ1v) is 11.2. The van der Waals surface area contributed by atoms with E-state index in [-0.39, 0.29) is 4.90 Å². The number of carbonyl (C=O) groups is 1. The third-order valence-corrected chi connectivity index (χ3v) is 6.65. The molecule has 0 spiro atoms. The van der Waals surface area contributed by atoms with Gasteiger partial charge in [-0.25, -0.2) is 8.42 Å². The number of hydrogen-bond acceptors (Lipinski definition) is 3. The highest BCUT2D eigenvalue weighted by Crippen LogP contribution is 2.29. The summed E-state index contributed by atoms with van der Waals surface area (Å²) in [6, 6.07) is 20.3. The van der Waals surface area contributed by atoms with E-state index in [1.807, 2.05) is 6.92 Å². The lowest BCUT2D eigenvalue weighted by Gasteiger charge is -2.23. The summed E-state index contributed by atoms with van der Waals surface area (Å²) >= 11 is 12.5. The minimum Gasteiger partial charge on any atom is -0.292 e. The van der Waals surface area contributed by atoms with Gasteiger partial charge in [0.1, 0.15) is 6.04 Å². The van der Waals surface area contributed by atoms with Crippen LogP contribution in [0.15, 0.2) is 83.8 Å². The fourth-order valence-corrected chi connectivity index (χ4v) is 4.55. The second-order valence-corrected chi connectivity index (χ2v) is 9.22. The first-order chi connectivity index (χ1) is 13.8. The monoisotopic (exact) mass is 447 g/mol. The number of carbonyl (C=O) groups excluding carboxylic acids is 1. The largest absolute Gasteiger partial charge is 0.292 e. The Bertz CT molecular complexity index is 1080. The topological polar surface area (TPSA) is 63.2 Å². The van der Waals surface area contributed by atoms with E-state index < -0.39 is 27.2 Å². The van der Waals surface area contributed by atoms with Crippen LogP contribution in [0.3, 0.4) is 0 Å². The van der Waals surface area contributed by atoms with Crippen LogP contribution in [0.4, 0.5) is 0 Å². The molecule has 0 aromatic heterocycles. The number of aryl methyl sites for hydroxylation is 1. The molecular weight excluding hydrogens is 429 g/mol. The number of hydrogen-bond donors (Lipinski definition) is 1. The molecule has 0 saturated carbocycles. The van der Waals surface area contributed by atoms with Gasteiger partial charge in [0.05, 0.1) is 10.3 Å². The highest BCUT2D eigenvalue weighted by molar-refractivity contribution is 7.89. The molecule has 0 heterocycles. The number of halogens is 2. The average Bonchev–Trinajstić information content (AvgIpc) is 2.72. The van der Waals surface area contributed by atoms with E-state index >= 15 is 0 Å².